The van der Waals surface area contributed by atoms with E-state index in [0.717, 1.165) is 12.0 Å². The summed E-state index contributed by atoms with van der Waals surface area (Å²) in [5.74, 6) is -3.21. The van der Waals surface area contributed by atoms with Gasteiger partial charge >= 0.3 is 0 Å². The van der Waals surface area contributed by atoms with Crippen LogP contribution in [-0.2, 0) is 39.9 Å². The number of nitrogens with one attached hydrogen (secondary N) is 5. The van der Waals surface area contributed by atoms with Crippen molar-refractivity contribution < 1.29 is 33.5 Å². The lowest BCUT2D eigenvalue weighted by Crippen LogP contribution is -2.60. The van der Waals surface area contributed by atoms with E-state index >= 15 is 0 Å². The van der Waals surface area contributed by atoms with Gasteiger partial charge in [0.1, 0.15) is 24.2 Å². The second-order valence-electron chi connectivity index (χ2n) is 12.5. The predicted molar refractivity (Wildman–Crippen MR) is 166 cm³/mol. The fraction of sp³-hybridized carbons (Fsp3) is 0.625. The van der Waals surface area contributed by atoms with Crippen molar-refractivity contribution in [3.63, 3.8) is 0 Å². The number of benzene rings is 1. The van der Waals surface area contributed by atoms with E-state index in [1.807, 2.05) is 30.3 Å². The molecular weight excluding hydrogens is 580 g/mol. The molecule has 0 bridgehead atoms. The summed E-state index contributed by atoms with van der Waals surface area (Å²) >= 11 is 0. The van der Waals surface area contributed by atoms with E-state index in [9.17, 15) is 28.8 Å². The molecule has 5 N–H and O–H groups in total. The maximum absolute atomic E-state index is 13.6. The molecule has 13 nitrogen and oxygen atoms in total. The van der Waals surface area contributed by atoms with Gasteiger partial charge in [-0.2, -0.15) is 0 Å². The molecule has 0 unspecified atom stereocenters. The number of rotatable bonds is 7. The molecule has 248 valence electrons. The second-order valence-corrected chi connectivity index (χ2v) is 12.5. The van der Waals surface area contributed by atoms with Crippen molar-refractivity contribution in [1.82, 2.24) is 31.5 Å². The van der Waals surface area contributed by atoms with Gasteiger partial charge in [0.15, 0.2) is 0 Å². The Morgan fingerprint density at radius 2 is 1.69 bits per heavy atom. The number of amides is 6. The number of hydrogen-bond donors (Lipinski definition) is 5. The first-order valence-electron chi connectivity index (χ1n) is 15.6. The van der Waals surface area contributed by atoms with E-state index in [-0.39, 0.29) is 44.4 Å². The van der Waals surface area contributed by atoms with Gasteiger partial charge in [-0.3, -0.25) is 28.8 Å². The van der Waals surface area contributed by atoms with E-state index < -0.39 is 59.1 Å². The van der Waals surface area contributed by atoms with Gasteiger partial charge in [-0.1, -0.05) is 50.6 Å². The van der Waals surface area contributed by atoms with Crippen LogP contribution in [-0.4, -0.2) is 98.4 Å². The van der Waals surface area contributed by atoms with Crippen LogP contribution in [0.15, 0.2) is 30.3 Å². The molecule has 1 saturated heterocycles. The quantitative estimate of drug-likeness (QED) is 0.283. The molecule has 45 heavy (non-hydrogen) atoms. The molecule has 4 atom stereocenters. The molecule has 6 amide bonds. The van der Waals surface area contributed by atoms with Crippen LogP contribution >= 0.6 is 0 Å². The number of carbonyl (C=O) groups is 6. The second kappa shape index (κ2) is 16.4. The minimum Gasteiger partial charge on any atom is -0.384 e. The Labute approximate surface area is 265 Å². The molecule has 1 aliphatic carbocycles. The highest BCUT2D eigenvalue weighted by atomic mass is 16.5. The van der Waals surface area contributed by atoms with Crippen LogP contribution in [0.2, 0.25) is 0 Å². The normalized spacial score (nSPS) is 25.6. The molecule has 13 heteroatoms. The molecule has 2 aliphatic rings. The highest BCUT2D eigenvalue weighted by molar-refractivity contribution is 5.96. The summed E-state index contributed by atoms with van der Waals surface area (Å²) in [7, 11) is 3.01. The van der Waals surface area contributed by atoms with Crippen LogP contribution in [0, 0.1) is 11.3 Å². The number of hydrogen-bond acceptors (Lipinski definition) is 7. The molecule has 1 aliphatic heterocycles. The van der Waals surface area contributed by atoms with Gasteiger partial charge in [0.2, 0.25) is 35.4 Å². The highest BCUT2D eigenvalue weighted by Gasteiger charge is 2.45. The maximum atomic E-state index is 13.6. The van der Waals surface area contributed by atoms with Crippen LogP contribution < -0.4 is 26.6 Å². The molecular formula is C32H48N6O7. The molecule has 2 fully saturated rings. The van der Waals surface area contributed by atoms with E-state index in [2.05, 4.69) is 26.6 Å². The zero-order valence-corrected chi connectivity index (χ0v) is 26.9. The zero-order valence-electron chi connectivity index (χ0n) is 26.9. The third-order valence-corrected chi connectivity index (χ3v) is 8.48. The average Bonchev–Trinajstić information content (AvgIpc) is 2.97. The van der Waals surface area contributed by atoms with Gasteiger partial charge in [0, 0.05) is 27.1 Å². The number of nitrogens with zero attached hydrogens (tertiary/aromatic N) is 1. The molecule has 0 aromatic heterocycles. The van der Waals surface area contributed by atoms with Crippen molar-refractivity contribution in [2.75, 3.05) is 33.9 Å². The minimum absolute atomic E-state index is 0.182. The summed E-state index contributed by atoms with van der Waals surface area (Å²) in [5.41, 5.74) is 0.102. The third-order valence-electron chi connectivity index (χ3n) is 8.48. The van der Waals surface area contributed by atoms with Gasteiger partial charge in [-0.05, 0) is 44.1 Å². The smallest absolute Gasteiger partial charge is 0.245 e. The van der Waals surface area contributed by atoms with Crippen LogP contribution in [0.1, 0.15) is 58.4 Å². The summed E-state index contributed by atoms with van der Waals surface area (Å²) in [6.07, 6.45) is 2.90. The maximum Gasteiger partial charge on any atom is 0.245 e. The number of carbonyl (C=O) groups excluding carboxylic acids is 6. The van der Waals surface area contributed by atoms with Gasteiger partial charge in [-0.25, -0.2) is 0 Å². The number of likely N-dealkylation sites (N-methyl/N-ethyl adjacent to an activating group) is 1. The van der Waals surface area contributed by atoms with Gasteiger partial charge in [-0.15, -0.1) is 0 Å². The molecule has 1 saturated carbocycles. The summed E-state index contributed by atoms with van der Waals surface area (Å²) < 4.78 is 5.29. The van der Waals surface area contributed by atoms with E-state index in [0.29, 0.717) is 19.3 Å². The topological polar surface area (TPSA) is 175 Å². The highest BCUT2D eigenvalue weighted by Crippen LogP contribution is 2.41. The predicted octanol–water partition coefficient (Wildman–Crippen LogP) is 0.0293. The van der Waals surface area contributed by atoms with Gasteiger partial charge in [0.25, 0.3) is 0 Å². The van der Waals surface area contributed by atoms with Crippen LogP contribution in [0.4, 0.5) is 0 Å². The lowest BCUT2D eigenvalue weighted by Gasteiger charge is -2.40. The Morgan fingerprint density at radius 3 is 2.29 bits per heavy atom. The molecule has 1 heterocycles. The molecule has 3 rings (SSSR count). The van der Waals surface area contributed by atoms with Crippen LogP contribution in [0.25, 0.3) is 0 Å². The lowest BCUT2D eigenvalue weighted by molar-refractivity contribution is -0.144. The monoisotopic (exact) mass is 628 g/mol. The van der Waals surface area contributed by atoms with Crippen molar-refractivity contribution in [2.24, 2.45) is 11.3 Å². The Balaban J connectivity index is 1.84. The van der Waals surface area contributed by atoms with Crippen LogP contribution in [0.3, 0.4) is 0 Å². The first kappa shape index (κ1) is 35.5. The van der Waals surface area contributed by atoms with Crippen LogP contribution in [0.5, 0.6) is 0 Å². The molecule has 1 aromatic rings. The first-order chi connectivity index (χ1) is 21.4. The van der Waals surface area contributed by atoms with Crippen molar-refractivity contribution in [2.45, 2.75) is 83.5 Å². The zero-order chi connectivity index (χ0) is 33.1. The fourth-order valence-corrected chi connectivity index (χ4v) is 5.55. The minimum atomic E-state index is -1.04. The SMILES string of the molecule is COCC1(C(=O)N[C@H]2CCCNC(=O)CN(C)C(=O)[C@H](Cc3ccccc3)NC(=O)[C@@H](C)NC(=O)[C@@H](C(C)C)NC2=O)CCC1. The lowest BCUT2D eigenvalue weighted by atomic mass is 9.68. The van der Waals surface area contributed by atoms with Gasteiger partial charge in [0.05, 0.1) is 18.6 Å². The fourth-order valence-electron chi connectivity index (χ4n) is 5.55. The third kappa shape index (κ3) is 9.74. The Bertz CT molecular complexity index is 1220. The Kier molecular flexibility index (Phi) is 12.9. The van der Waals surface area contributed by atoms with Crippen molar-refractivity contribution in [3.05, 3.63) is 35.9 Å². The summed E-state index contributed by atoms with van der Waals surface area (Å²) in [5, 5.41) is 13.8. The summed E-state index contributed by atoms with van der Waals surface area (Å²) in [6.45, 7) is 5.19. The molecule has 0 spiro atoms. The Morgan fingerprint density at radius 1 is 1.00 bits per heavy atom. The van der Waals surface area contributed by atoms with E-state index in [1.165, 1.54) is 26.0 Å². The van der Waals surface area contributed by atoms with Crippen molar-refractivity contribution in [1.29, 1.82) is 0 Å². The first-order valence-corrected chi connectivity index (χ1v) is 15.6. The summed E-state index contributed by atoms with van der Waals surface area (Å²) in [4.78, 5) is 80.9. The standard InChI is InChI=1S/C32H48N6O7/c1-20(2)26-29(42)34-21(3)27(40)35-24(17-22-11-7-6-8-12-22)30(43)38(4)18-25(39)33-16-9-13-23(28(41)37-26)36-31(44)32(19-45-5)14-10-15-32/h6-8,11-12,20-21,23-24,26H,9-10,13-19H2,1-5H3,(H,33,39)(H,34,42)(H,35,40)(H,36,44)(H,37,41)/t21-,23+,24+,26-/m1/s1. The van der Waals surface area contributed by atoms with Crippen molar-refractivity contribution in [3.8, 4) is 0 Å². The largest absolute Gasteiger partial charge is 0.384 e. The number of methoxy groups -OCH3 is 1. The average molecular weight is 629 g/mol. The number of ether oxygens (including phenoxy) is 1. The summed E-state index contributed by atoms with van der Waals surface area (Å²) in [6, 6.07) is 5.14. The molecule has 1 aromatic carbocycles. The van der Waals surface area contributed by atoms with Gasteiger partial charge < -0.3 is 36.2 Å². The van der Waals surface area contributed by atoms with E-state index in [4.69, 9.17) is 4.74 Å². The van der Waals surface area contributed by atoms with E-state index in [1.54, 1.807) is 13.8 Å². The van der Waals surface area contributed by atoms with Crippen molar-refractivity contribution >= 4 is 35.4 Å². The molecule has 0 radical (unpaired) electrons. The Hall–Kier alpha value is -4.00.